The van der Waals surface area contributed by atoms with Crippen molar-refractivity contribution in [1.82, 2.24) is 0 Å². The number of hydrogen-bond donors (Lipinski definition) is 1. The average Bonchev–Trinajstić information content (AvgIpc) is 2.03. The molecule has 0 aromatic heterocycles. The number of carbonyl (C=O) groups is 1. The Hall–Kier alpha value is 0.906. The summed E-state index contributed by atoms with van der Waals surface area (Å²) in [5.74, 6) is 0. The number of hydrogen-bond acceptors (Lipinski definition) is 2. The molecule has 1 aliphatic carbocycles. The molecule has 4 heteroatoms. The third-order valence-corrected chi connectivity index (χ3v) is 1.72. The molecule has 0 bridgehead atoms. The summed E-state index contributed by atoms with van der Waals surface area (Å²) in [6.45, 7) is 5.28. The zero-order chi connectivity index (χ0) is 11.0. The van der Waals surface area contributed by atoms with Gasteiger partial charge in [-0.2, -0.15) is 12.8 Å². The van der Waals surface area contributed by atoms with E-state index in [0.29, 0.717) is 0 Å². The summed E-state index contributed by atoms with van der Waals surface area (Å²) in [5.41, 5.74) is 4.26. The van der Waals surface area contributed by atoms with Crippen molar-refractivity contribution in [3.8, 4) is 0 Å². The third-order valence-electron chi connectivity index (χ3n) is 1.72. The molecule has 3 nitrogen and oxygen atoms in total. The molecule has 15 heavy (non-hydrogen) atoms. The first-order chi connectivity index (χ1) is 6.42. The van der Waals surface area contributed by atoms with Crippen LogP contribution >= 0.6 is 0 Å². The van der Waals surface area contributed by atoms with Gasteiger partial charge >= 0.3 is 57.5 Å². The first-order valence-electron chi connectivity index (χ1n) is 5.22. The molecule has 0 heterocycles. The van der Waals surface area contributed by atoms with E-state index in [2.05, 4.69) is 11.2 Å². The summed E-state index contributed by atoms with van der Waals surface area (Å²) < 4.78 is 4.58. The van der Waals surface area contributed by atoms with Gasteiger partial charge in [-0.25, -0.2) is 4.79 Å². The van der Waals surface area contributed by atoms with Crippen LogP contribution in [-0.2, 0) is 4.74 Å². The fourth-order valence-corrected chi connectivity index (χ4v) is 1.20. The molecule has 0 saturated heterocycles. The summed E-state index contributed by atoms with van der Waals surface area (Å²) in [4.78, 5) is 10.0. The van der Waals surface area contributed by atoms with Crippen LogP contribution < -0.4 is 57.1 Å². The van der Waals surface area contributed by atoms with Crippen LogP contribution in [0.5, 0.6) is 0 Å². The van der Waals surface area contributed by atoms with Gasteiger partial charge in [-0.15, -0.1) is 0 Å². The molecule has 0 spiro atoms. The molecule has 1 amide bonds. The van der Waals surface area contributed by atoms with E-state index in [4.69, 9.17) is 5.73 Å². The van der Waals surface area contributed by atoms with Crippen LogP contribution in [0.25, 0.3) is 0 Å². The van der Waals surface area contributed by atoms with Crippen molar-refractivity contribution < 1.29 is 60.9 Å². The number of nitrogens with two attached hydrogens (primary N) is 1. The van der Waals surface area contributed by atoms with Crippen LogP contribution in [0.2, 0.25) is 0 Å². The molecule has 0 atom stereocenters. The summed E-state index contributed by atoms with van der Waals surface area (Å²) in [7, 11) is 0. The normalized spacial score (nSPS) is 15.4. The van der Waals surface area contributed by atoms with Crippen LogP contribution in [0.3, 0.4) is 0 Å². The molecule has 0 aromatic carbocycles. The molecule has 0 aromatic rings. The smallest absolute Gasteiger partial charge is 0.444 e. The fraction of sp³-hybridized carbons (Fsp3) is 0.818. The van der Waals surface area contributed by atoms with Crippen molar-refractivity contribution >= 4 is 6.09 Å². The van der Waals surface area contributed by atoms with Crippen molar-refractivity contribution in [2.24, 2.45) is 5.73 Å². The molecule has 1 rings (SSSR count). The second-order valence-corrected chi connectivity index (χ2v) is 4.46. The zero-order valence-electron chi connectivity index (χ0n) is 10.5. The van der Waals surface area contributed by atoms with E-state index in [-0.39, 0.29) is 51.4 Å². The first kappa shape index (κ1) is 18.3. The number of primary amides is 1. The topological polar surface area (TPSA) is 52.3 Å². The Balaban J connectivity index is 0. The maximum atomic E-state index is 10.0. The van der Waals surface area contributed by atoms with E-state index in [1.807, 2.05) is 0 Å². The van der Waals surface area contributed by atoms with Crippen LogP contribution in [0.15, 0.2) is 0 Å². The Morgan fingerprint density at radius 1 is 1.20 bits per heavy atom. The van der Waals surface area contributed by atoms with Crippen molar-refractivity contribution in [3.05, 3.63) is 6.42 Å². The Labute approximate surface area is 136 Å². The van der Waals surface area contributed by atoms with Gasteiger partial charge in [0.1, 0.15) is 5.60 Å². The van der Waals surface area contributed by atoms with Crippen molar-refractivity contribution in [1.29, 1.82) is 0 Å². The number of amides is 1. The molecule has 0 aliphatic heterocycles. The Bertz CT molecular complexity index is 151. The second-order valence-electron chi connectivity index (χ2n) is 4.46. The predicted molar refractivity (Wildman–Crippen MR) is 57.8 cm³/mol. The maximum Gasteiger partial charge on any atom is 1.00 e. The minimum absolute atomic E-state index is 0. The molecule has 1 fully saturated rings. The van der Waals surface area contributed by atoms with Gasteiger partial charge in [-0.3, -0.25) is 0 Å². The Morgan fingerprint density at radius 2 is 1.67 bits per heavy atom. The number of ether oxygens (including phenoxy) is 1. The largest absolute Gasteiger partial charge is 1.00 e. The second kappa shape index (κ2) is 10.1. The van der Waals surface area contributed by atoms with E-state index < -0.39 is 11.7 Å². The van der Waals surface area contributed by atoms with E-state index in [0.717, 1.165) is 0 Å². The maximum absolute atomic E-state index is 10.0. The average molecular weight is 239 g/mol. The molecule has 1 saturated carbocycles. The summed E-state index contributed by atoms with van der Waals surface area (Å²) in [6, 6.07) is 0. The van der Waals surface area contributed by atoms with Crippen LogP contribution in [0.1, 0.15) is 52.9 Å². The van der Waals surface area contributed by atoms with Crippen molar-refractivity contribution in [2.75, 3.05) is 0 Å². The van der Waals surface area contributed by atoms with E-state index in [9.17, 15) is 4.79 Å². The molecular weight excluding hydrogens is 217 g/mol. The number of rotatable bonds is 0. The molecule has 2 N–H and O–H groups in total. The van der Waals surface area contributed by atoms with Gasteiger partial charge in [0.15, 0.2) is 0 Å². The predicted octanol–water partition coefficient (Wildman–Crippen LogP) is 0.0390. The minimum Gasteiger partial charge on any atom is -0.444 e. The van der Waals surface area contributed by atoms with Gasteiger partial charge in [0, 0.05) is 0 Å². The van der Waals surface area contributed by atoms with Gasteiger partial charge in [0.25, 0.3) is 0 Å². The number of carbonyl (C=O) groups excluding carboxylic acids is 1. The van der Waals surface area contributed by atoms with Crippen molar-refractivity contribution in [3.63, 3.8) is 0 Å². The zero-order valence-corrected chi connectivity index (χ0v) is 13.6. The van der Waals surface area contributed by atoms with Gasteiger partial charge in [-0.1, -0.05) is 19.3 Å². The van der Waals surface area contributed by atoms with E-state index in [1.165, 1.54) is 32.1 Å². The van der Waals surface area contributed by atoms with Crippen LogP contribution in [0.4, 0.5) is 4.79 Å². The SMILES string of the molecule is CC(C)(C)OC(N)=O.[CH-]1CCCCC1.[K+]. The Kier molecular flexibility index (Phi) is 12.3. The summed E-state index contributed by atoms with van der Waals surface area (Å²) >= 11 is 0. The molecular formula is C11H22KNO2. The molecule has 0 unspecified atom stereocenters. The molecule has 84 valence electrons. The van der Waals surface area contributed by atoms with Gasteiger partial charge in [-0.05, 0) is 20.8 Å². The standard InChI is InChI=1S/C6H11.C5H11NO2.K/c1-2-4-6-5-3-1;1-5(2,3)8-4(6)7;/h1H,2-6H2;1-3H3,(H2,6,7);/q-1;;+1. The fourth-order valence-electron chi connectivity index (χ4n) is 1.20. The van der Waals surface area contributed by atoms with Gasteiger partial charge < -0.3 is 16.9 Å². The van der Waals surface area contributed by atoms with Crippen LogP contribution in [0, 0.1) is 6.42 Å². The minimum atomic E-state index is -0.725. The monoisotopic (exact) mass is 239 g/mol. The van der Waals surface area contributed by atoms with Gasteiger partial charge in [0.05, 0.1) is 0 Å². The molecule has 0 radical (unpaired) electrons. The third kappa shape index (κ3) is 17.5. The van der Waals surface area contributed by atoms with E-state index >= 15 is 0 Å². The van der Waals surface area contributed by atoms with Crippen molar-refractivity contribution in [2.45, 2.75) is 58.5 Å². The summed E-state index contributed by atoms with van der Waals surface area (Å²) in [5, 5.41) is 0. The first-order valence-corrected chi connectivity index (χ1v) is 5.22. The summed E-state index contributed by atoms with van der Waals surface area (Å²) in [6.07, 6.45) is 8.78. The molecule has 1 aliphatic rings. The van der Waals surface area contributed by atoms with E-state index in [1.54, 1.807) is 20.8 Å². The Morgan fingerprint density at radius 3 is 1.73 bits per heavy atom. The van der Waals surface area contributed by atoms with Gasteiger partial charge in [0.2, 0.25) is 0 Å². The quantitative estimate of drug-likeness (QED) is 0.479. The van der Waals surface area contributed by atoms with Crippen LogP contribution in [-0.4, -0.2) is 11.7 Å².